The Morgan fingerprint density at radius 3 is 2.93 bits per heavy atom. The Morgan fingerprint density at radius 1 is 1.36 bits per heavy atom. The van der Waals surface area contributed by atoms with E-state index in [2.05, 4.69) is 0 Å². The van der Waals surface area contributed by atoms with Gasteiger partial charge >= 0.3 is 0 Å². The minimum absolute atomic E-state index is 0.621. The normalized spacial score (nSPS) is 27.6. The van der Waals surface area contributed by atoms with E-state index in [-0.39, 0.29) is 0 Å². The number of nitrogens with two attached hydrogens (primary N) is 1. The molecule has 1 fully saturated rings. The highest BCUT2D eigenvalue weighted by atomic mass is 16.3. The molecule has 2 nitrogen and oxygen atoms in total. The van der Waals surface area contributed by atoms with Gasteiger partial charge in [0.2, 0.25) is 0 Å². The second-order valence-corrected chi connectivity index (χ2v) is 4.84. The first-order valence-corrected chi connectivity index (χ1v) is 5.61. The fourth-order valence-electron chi connectivity index (χ4n) is 3.12. The van der Waals surface area contributed by atoms with Gasteiger partial charge in [0.25, 0.3) is 0 Å². The topological polar surface area (TPSA) is 39.2 Å². The Balaban J connectivity index is 1.97. The number of hydrogen-bond donors (Lipinski definition) is 1. The Bertz CT molecular complexity index is 338. The lowest BCUT2D eigenvalue weighted by molar-refractivity contribution is 0.334. The molecule has 2 aliphatic carbocycles. The minimum Gasteiger partial charge on any atom is -0.472 e. The van der Waals surface area contributed by atoms with E-state index in [1.165, 1.54) is 36.8 Å². The van der Waals surface area contributed by atoms with Gasteiger partial charge in [-0.2, -0.15) is 0 Å². The smallest absolute Gasteiger partial charge is 0.0940 e. The quantitative estimate of drug-likeness (QED) is 0.779. The van der Waals surface area contributed by atoms with Gasteiger partial charge in [0, 0.05) is 0 Å². The summed E-state index contributed by atoms with van der Waals surface area (Å²) in [6.07, 6.45) is 10.4. The second kappa shape index (κ2) is 2.86. The summed E-state index contributed by atoms with van der Waals surface area (Å²) in [5, 5.41) is 0. The average molecular weight is 191 g/mol. The van der Waals surface area contributed by atoms with Gasteiger partial charge in [-0.05, 0) is 61.1 Å². The van der Waals surface area contributed by atoms with E-state index in [0.717, 1.165) is 13.0 Å². The van der Waals surface area contributed by atoms with E-state index in [1.54, 1.807) is 0 Å². The van der Waals surface area contributed by atoms with Crippen molar-refractivity contribution in [2.75, 3.05) is 6.54 Å². The summed E-state index contributed by atoms with van der Waals surface area (Å²) in [4.78, 5) is 0. The Labute approximate surface area is 84.5 Å². The van der Waals surface area contributed by atoms with Crippen LogP contribution in [0.3, 0.4) is 0 Å². The van der Waals surface area contributed by atoms with E-state index in [1.807, 2.05) is 12.5 Å². The van der Waals surface area contributed by atoms with Gasteiger partial charge in [0.1, 0.15) is 0 Å². The SMILES string of the molecule is NCCC1c2cocc2CCC12CC2. The molecule has 2 aliphatic rings. The Hall–Kier alpha value is -0.760. The molecule has 14 heavy (non-hydrogen) atoms. The molecule has 0 saturated heterocycles. The lowest BCUT2D eigenvalue weighted by atomic mass is 9.72. The number of fused-ring (bicyclic) bond motifs is 1. The third-order valence-electron chi connectivity index (χ3n) is 4.13. The lowest BCUT2D eigenvalue weighted by Crippen LogP contribution is -2.23. The van der Waals surface area contributed by atoms with Crippen LogP contribution in [0.2, 0.25) is 0 Å². The van der Waals surface area contributed by atoms with Crippen molar-refractivity contribution in [1.82, 2.24) is 0 Å². The summed E-state index contributed by atoms with van der Waals surface area (Å²) in [5.41, 5.74) is 9.21. The van der Waals surface area contributed by atoms with Crippen molar-refractivity contribution >= 4 is 0 Å². The maximum Gasteiger partial charge on any atom is 0.0940 e. The molecule has 0 aliphatic heterocycles. The van der Waals surface area contributed by atoms with Crippen LogP contribution in [0.4, 0.5) is 0 Å². The van der Waals surface area contributed by atoms with Crippen LogP contribution in [0.5, 0.6) is 0 Å². The molecular weight excluding hydrogens is 174 g/mol. The van der Waals surface area contributed by atoms with Gasteiger partial charge in [-0.3, -0.25) is 0 Å². The van der Waals surface area contributed by atoms with Crippen LogP contribution >= 0.6 is 0 Å². The van der Waals surface area contributed by atoms with Crippen molar-refractivity contribution in [2.45, 2.75) is 38.0 Å². The lowest BCUT2D eigenvalue weighted by Gasteiger charge is -2.31. The van der Waals surface area contributed by atoms with Crippen molar-refractivity contribution in [3.63, 3.8) is 0 Å². The number of aryl methyl sites for hydroxylation is 1. The molecule has 3 rings (SSSR count). The zero-order chi connectivity index (χ0) is 9.60. The summed E-state index contributed by atoms with van der Waals surface area (Å²) >= 11 is 0. The van der Waals surface area contributed by atoms with Gasteiger partial charge < -0.3 is 10.2 Å². The first-order chi connectivity index (χ1) is 6.86. The summed E-state index contributed by atoms with van der Waals surface area (Å²) in [7, 11) is 0. The molecule has 1 unspecified atom stereocenters. The number of furan rings is 1. The molecular formula is C12H17NO. The van der Waals surface area contributed by atoms with Crippen molar-refractivity contribution < 1.29 is 4.42 Å². The predicted molar refractivity (Wildman–Crippen MR) is 55.1 cm³/mol. The summed E-state index contributed by atoms with van der Waals surface area (Å²) in [6.45, 7) is 0.803. The number of hydrogen-bond acceptors (Lipinski definition) is 2. The summed E-state index contributed by atoms with van der Waals surface area (Å²) in [6, 6.07) is 0. The Morgan fingerprint density at radius 2 is 2.21 bits per heavy atom. The third-order valence-corrected chi connectivity index (χ3v) is 4.13. The monoisotopic (exact) mass is 191 g/mol. The molecule has 0 bridgehead atoms. The molecule has 0 amide bonds. The van der Waals surface area contributed by atoms with Crippen molar-refractivity contribution in [2.24, 2.45) is 11.1 Å². The molecule has 2 heteroatoms. The molecule has 0 radical (unpaired) electrons. The molecule has 76 valence electrons. The van der Waals surface area contributed by atoms with Crippen LogP contribution in [0.25, 0.3) is 0 Å². The molecule has 1 aromatic heterocycles. The standard InChI is InChI=1S/C12H17NO/c13-6-2-11-10-8-14-7-9(10)1-3-12(11)4-5-12/h7-8,11H,1-6,13H2. The number of rotatable bonds is 2. The fraction of sp³-hybridized carbons (Fsp3) is 0.667. The largest absolute Gasteiger partial charge is 0.472 e. The first-order valence-electron chi connectivity index (χ1n) is 5.61. The molecule has 2 N–H and O–H groups in total. The maximum absolute atomic E-state index is 5.70. The molecule has 1 aromatic rings. The molecule has 0 aromatic carbocycles. The fourth-order valence-corrected chi connectivity index (χ4v) is 3.12. The molecule has 1 atom stereocenters. The average Bonchev–Trinajstić information content (AvgIpc) is 2.79. The van der Waals surface area contributed by atoms with Crippen LogP contribution in [-0.2, 0) is 6.42 Å². The van der Waals surface area contributed by atoms with Crippen molar-refractivity contribution in [1.29, 1.82) is 0 Å². The molecule has 1 heterocycles. The van der Waals surface area contributed by atoms with E-state index in [0.29, 0.717) is 11.3 Å². The predicted octanol–water partition coefficient (Wildman–Crippen LogP) is 2.44. The third kappa shape index (κ3) is 1.07. The van der Waals surface area contributed by atoms with Crippen LogP contribution in [0.1, 0.15) is 42.7 Å². The highest BCUT2D eigenvalue weighted by Gasteiger charge is 2.51. The van der Waals surface area contributed by atoms with E-state index < -0.39 is 0 Å². The molecule has 1 spiro atoms. The van der Waals surface area contributed by atoms with E-state index in [9.17, 15) is 0 Å². The zero-order valence-electron chi connectivity index (χ0n) is 8.46. The first kappa shape index (κ1) is 8.54. The van der Waals surface area contributed by atoms with Gasteiger partial charge in [0.05, 0.1) is 12.5 Å². The van der Waals surface area contributed by atoms with E-state index >= 15 is 0 Å². The van der Waals surface area contributed by atoms with Crippen LogP contribution in [0, 0.1) is 5.41 Å². The van der Waals surface area contributed by atoms with Crippen LogP contribution in [0.15, 0.2) is 16.9 Å². The second-order valence-electron chi connectivity index (χ2n) is 4.84. The summed E-state index contributed by atoms with van der Waals surface area (Å²) in [5.74, 6) is 0.690. The van der Waals surface area contributed by atoms with Gasteiger partial charge in [-0.1, -0.05) is 0 Å². The summed E-state index contributed by atoms with van der Waals surface area (Å²) < 4.78 is 5.32. The maximum atomic E-state index is 5.70. The van der Waals surface area contributed by atoms with Crippen LogP contribution < -0.4 is 5.73 Å². The Kier molecular flexibility index (Phi) is 1.75. The van der Waals surface area contributed by atoms with Crippen molar-refractivity contribution in [3.05, 3.63) is 23.7 Å². The van der Waals surface area contributed by atoms with Gasteiger partial charge in [0.15, 0.2) is 0 Å². The minimum atomic E-state index is 0.621. The van der Waals surface area contributed by atoms with Crippen molar-refractivity contribution in [3.8, 4) is 0 Å². The highest BCUT2D eigenvalue weighted by molar-refractivity contribution is 5.33. The molecule has 1 saturated carbocycles. The highest BCUT2D eigenvalue weighted by Crippen LogP contribution is 2.62. The van der Waals surface area contributed by atoms with Gasteiger partial charge in [-0.15, -0.1) is 0 Å². The van der Waals surface area contributed by atoms with Gasteiger partial charge in [-0.25, -0.2) is 0 Å². The van der Waals surface area contributed by atoms with E-state index in [4.69, 9.17) is 10.2 Å². The van der Waals surface area contributed by atoms with Crippen LogP contribution in [-0.4, -0.2) is 6.54 Å². The zero-order valence-corrected chi connectivity index (χ0v) is 8.46.